The van der Waals surface area contributed by atoms with Gasteiger partial charge in [-0.3, -0.25) is 0 Å². The van der Waals surface area contributed by atoms with Gasteiger partial charge in [-0.25, -0.2) is 0 Å². The van der Waals surface area contributed by atoms with Crippen molar-refractivity contribution in [1.29, 1.82) is 0 Å². The van der Waals surface area contributed by atoms with Gasteiger partial charge in [0, 0.05) is 27.4 Å². The van der Waals surface area contributed by atoms with E-state index in [4.69, 9.17) is 0 Å². The van der Waals surface area contributed by atoms with Crippen molar-refractivity contribution in [2.45, 2.75) is 0 Å². The Morgan fingerprint density at radius 1 is 0.375 bits per heavy atom. The van der Waals surface area contributed by atoms with E-state index >= 15 is 0 Å². The summed E-state index contributed by atoms with van der Waals surface area (Å²) in [4.78, 5) is 2.48. The first-order valence-electron chi connectivity index (χ1n) is 16.5. The van der Waals surface area contributed by atoms with Crippen LogP contribution in [0.5, 0.6) is 0 Å². The van der Waals surface area contributed by atoms with Crippen LogP contribution in [0.1, 0.15) is 0 Å². The van der Waals surface area contributed by atoms with Crippen LogP contribution in [0.4, 0.5) is 17.1 Å². The first kappa shape index (κ1) is 27.9. The lowest BCUT2D eigenvalue weighted by Crippen LogP contribution is -2.15. The van der Waals surface area contributed by atoms with Crippen LogP contribution in [0.2, 0.25) is 0 Å². The zero-order valence-electron chi connectivity index (χ0n) is 26.4. The third-order valence-corrected chi connectivity index (χ3v) is 9.37. The van der Waals surface area contributed by atoms with Crippen molar-refractivity contribution in [2.75, 3.05) is 4.90 Å². The van der Waals surface area contributed by atoms with Gasteiger partial charge in [0.1, 0.15) is 0 Å². The third kappa shape index (κ3) is 4.66. The first-order valence-corrected chi connectivity index (χ1v) is 16.5. The summed E-state index contributed by atoms with van der Waals surface area (Å²) in [5.41, 5.74) is 11.6. The molecule has 0 bridgehead atoms. The minimum Gasteiger partial charge on any atom is -0.307 e. The Balaban J connectivity index is 1.42. The van der Waals surface area contributed by atoms with Crippen LogP contribution in [-0.2, 0) is 0 Å². The highest BCUT2D eigenvalue weighted by Gasteiger charge is 2.25. The van der Waals surface area contributed by atoms with Gasteiger partial charge in [0.15, 0.2) is 0 Å². The fourth-order valence-corrected chi connectivity index (χ4v) is 7.22. The number of hydrogen-bond acceptors (Lipinski definition) is 1. The molecule has 0 spiro atoms. The molecule has 0 fully saturated rings. The minimum atomic E-state index is 1.10. The molecular formula is C46H32N2. The fourth-order valence-electron chi connectivity index (χ4n) is 7.22. The van der Waals surface area contributed by atoms with Gasteiger partial charge in [-0.15, -0.1) is 0 Å². The average molecular weight is 613 g/mol. The molecule has 2 heteroatoms. The van der Waals surface area contributed by atoms with Crippen molar-refractivity contribution in [3.8, 4) is 27.9 Å². The van der Waals surface area contributed by atoms with Crippen LogP contribution in [0.3, 0.4) is 0 Å². The maximum Gasteiger partial charge on any atom is 0.0781 e. The number of anilines is 3. The topological polar surface area (TPSA) is 8.17 Å². The monoisotopic (exact) mass is 612 g/mol. The number of para-hydroxylation sites is 3. The highest BCUT2D eigenvalue weighted by atomic mass is 15.2. The highest BCUT2D eigenvalue weighted by Crippen LogP contribution is 2.48. The molecule has 1 aromatic heterocycles. The van der Waals surface area contributed by atoms with E-state index in [1.807, 2.05) is 0 Å². The van der Waals surface area contributed by atoms with Crippen LogP contribution in [0.25, 0.3) is 60.5 Å². The second-order valence-corrected chi connectivity index (χ2v) is 12.2. The Morgan fingerprint density at radius 3 is 1.67 bits per heavy atom. The summed E-state index contributed by atoms with van der Waals surface area (Å²) in [5, 5.41) is 4.87. The molecule has 9 rings (SSSR count). The summed E-state index contributed by atoms with van der Waals surface area (Å²) in [6.07, 6.45) is 0. The Bertz CT molecular complexity index is 2510. The van der Waals surface area contributed by atoms with Gasteiger partial charge in [0.05, 0.1) is 28.1 Å². The molecule has 0 saturated heterocycles. The molecule has 9 aromatic rings. The molecule has 0 aliphatic carbocycles. The van der Waals surface area contributed by atoms with E-state index in [-0.39, 0.29) is 0 Å². The van der Waals surface area contributed by atoms with Gasteiger partial charge >= 0.3 is 0 Å². The number of fused-ring (bicyclic) bond motifs is 4. The number of hydrogen-bond donors (Lipinski definition) is 0. The molecule has 0 atom stereocenters. The summed E-state index contributed by atoms with van der Waals surface area (Å²) < 4.78 is 2.45. The summed E-state index contributed by atoms with van der Waals surface area (Å²) in [7, 11) is 0. The maximum atomic E-state index is 2.48. The van der Waals surface area contributed by atoms with Gasteiger partial charge < -0.3 is 9.47 Å². The largest absolute Gasteiger partial charge is 0.307 e. The third-order valence-electron chi connectivity index (χ3n) is 9.37. The number of nitrogens with zero attached hydrogens (tertiary/aromatic N) is 2. The lowest BCUT2D eigenvalue weighted by Gasteiger charge is -2.32. The SMILES string of the molecule is c1ccc(-c2cccc(N(c3ccccc3-c3ccccc3)c3c(-n4c5ccccc5c5ccccc54)ccc4ccccc34)c2)cc1. The quantitative estimate of drug-likeness (QED) is 0.181. The standard InChI is InChI=1S/C46H32N2/c1-3-16-33(17-4-1)36-21-15-22-37(32-36)47(42-27-12-9-23-38(42)34-18-5-2-6-19-34)46-39-24-8-7-20-35(39)30-31-45(46)48-43-28-13-10-25-40(43)41-26-11-14-29-44(41)48/h1-32H. The van der Waals surface area contributed by atoms with Gasteiger partial charge in [0.2, 0.25) is 0 Å². The first-order chi connectivity index (χ1) is 23.8. The van der Waals surface area contributed by atoms with Crippen molar-refractivity contribution in [2.24, 2.45) is 0 Å². The second kappa shape index (κ2) is 11.8. The summed E-state index contributed by atoms with van der Waals surface area (Å²) in [5.74, 6) is 0. The van der Waals surface area contributed by atoms with Crippen LogP contribution in [-0.4, -0.2) is 4.57 Å². The fraction of sp³-hybridized carbons (Fsp3) is 0. The Labute approximate surface area is 280 Å². The van der Waals surface area contributed by atoms with Crippen molar-refractivity contribution >= 4 is 49.6 Å². The molecule has 0 N–H and O–H groups in total. The van der Waals surface area contributed by atoms with E-state index in [0.717, 1.165) is 22.7 Å². The predicted octanol–water partition coefficient (Wildman–Crippen LogP) is 12.7. The van der Waals surface area contributed by atoms with E-state index in [1.165, 1.54) is 54.8 Å². The number of aromatic nitrogens is 1. The predicted molar refractivity (Wildman–Crippen MR) is 204 cm³/mol. The van der Waals surface area contributed by atoms with E-state index in [0.29, 0.717) is 0 Å². The molecule has 1 heterocycles. The van der Waals surface area contributed by atoms with Gasteiger partial charge in [-0.1, -0.05) is 158 Å². The van der Waals surface area contributed by atoms with Crippen molar-refractivity contribution in [3.05, 3.63) is 194 Å². The molecule has 0 unspecified atom stereocenters. The highest BCUT2D eigenvalue weighted by molar-refractivity contribution is 6.12. The molecule has 0 saturated carbocycles. The second-order valence-electron chi connectivity index (χ2n) is 12.2. The minimum absolute atomic E-state index is 1.10. The van der Waals surface area contributed by atoms with Crippen LogP contribution >= 0.6 is 0 Å². The van der Waals surface area contributed by atoms with Gasteiger partial charge in [0.25, 0.3) is 0 Å². The summed E-state index contributed by atoms with van der Waals surface area (Å²) in [6.45, 7) is 0. The number of benzene rings is 8. The van der Waals surface area contributed by atoms with E-state index in [9.17, 15) is 0 Å². The molecule has 226 valence electrons. The van der Waals surface area contributed by atoms with Gasteiger partial charge in [-0.2, -0.15) is 0 Å². The summed E-state index contributed by atoms with van der Waals surface area (Å²) in [6, 6.07) is 70.0. The molecule has 0 aliphatic heterocycles. The zero-order chi connectivity index (χ0) is 31.9. The van der Waals surface area contributed by atoms with Gasteiger partial charge in [-0.05, 0) is 58.5 Å². The molecule has 0 radical (unpaired) electrons. The zero-order valence-corrected chi connectivity index (χ0v) is 26.4. The smallest absolute Gasteiger partial charge is 0.0781 e. The Morgan fingerprint density at radius 2 is 0.938 bits per heavy atom. The van der Waals surface area contributed by atoms with Crippen LogP contribution in [0, 0.1) is 0 Å². The van der Waals surface area contributed by atoms with Crippen molar-refractivity contribution in [1.82, 2.24) is 4.57 Å². The maximum absolute atomic E-state index is 2.48. The molecule has 0 amide bonds. The molecular weight excluding hydrogens is 581 g/mol. The van der Waals surface area contributed by atoms with Crippen LogP contribution in [0.15, 0.2) is 194 Å². The van der Waals surface area contributed by atoms with Crippen molar-refractivity contribution < 1.29 is 0 Å². The molecule has 8 aromatic carbocycles. The lowest BCUT2D eigenvalue weighted by atomic mass is 9.98. The average Bonchev–Trinajstić information content (AvgIpc) is 3.50. The molecule has 2 nitrogen and oxygen atoms in total. The molecule has 0 aliphatic rings. The van der Waals surface area contributed by atoms with E-state index in [1.54, 1.807) is 0 Å². The Hall–Kier alpha value is -6.38. The Kier molecular flexibility index (Phi) is 6.84. The normalized spacial score (nSPS) is 11.3. The summed E-state index contributed by atoms with van der Waals surface area (Å²) >= 11 is 0. The van der Waals surface area contributed by atoms with Crippen molar-refractivity contribution in [3.63, 3.8) is 0 Å². The number of rotatable bonds is 6. The van der Waals surface area contributed by atoms with E-state index < -0.39 is 0 Å². The van der Waals surface area contributed by atoms with Crippen LogP contribution < -0.4 is 4.90 Å². The van der Waals surface area contributed by atoms with E-state index in [2.05, 4.69) is 204 Å². The lowest BCUT2D eigenvalue weighted by molar-refractivity contribution is 1.16. The molecule has 48 heavy (non-hydrogen) atoms.